The monoisotopic (exact) mass is 454 g/mol. The number of nitrogens with zero attached hydrogens (tertiary/aromatic N) is 2. The summed E-state index contributed by atoms with van der Waals surface area (Å²) in [6.07, 6.45) is 0.467. The zero-order valence-electron chi connectivity index (χ0n) is 16.6. The number of rotatable bonds is 5. The first-order chi connectivity index (χ1) is 15.0. The summed E-state index contributed by atoms with van der Waals surface area (Å²) in [6, 6.07) is 16.7. The molecule has 0 saturated heterocycles. The normalized spacial score (nSPS) is 14.5. The second kappa shape index (κ2) is 9.15. The number of amides is 1. The Labute approximate surface area is 190 Å². The van der Waals surface area contributed by atoms with E-state index in [2.05, 4.69) is 6.07 Å². The van der Waals surface area contributed by atoms with Crippen molar-refractivity contribution in [1.82, 2.24) is 4.90 Å². The highest BCUT2D eigenvalue weighted by molar-refractivity contribution is 6.42. The lowest BCUT2D eigenvalue weighted by Crippen LogP contribution is -2.36. The first-order valence-corrected chi connectivity index (χ1v) is 10.7. The molecule has 0 aliphatic carbocycles. The van der Waals surface area contributed by atoms with Crippen LogP contribution in [0.5, 0.6) is 5.75 Å². The third-order valence-electron chi connectivity index (χ3n) is 5.56. The molecule has 0 bridgehead atoms. The molecule has 1 heterocycles. The Morgan fingerprint density at radius 3 is 2.71 bits per heavy atom. The van der Waals surface area contributed by atoms with Crippen LogP contribution in [0, 0.1) is 11.3 Å². The topological polar surface area (TPSA) is 73.6 Å². The van der Waals surface area contributed by atoms with Crippen molar-refractivity contribution in [3.63, 3.8) is 0 Å². The van der Waals surface area contributed by atoms with Crippen LogP contribution in [0.1, 0.15) is 33.8 Å². The van der Waals surface area contributed by atoms with E-state index in [9.17, 15) is 15.2 Å². The summed E-state index contributed by atoms with van der Waals surface area (Å²) in [5.74, 6) is 0.0152. The molecular formula is C24H20Cl2N2O3. The first-order valence-electron chi connectivity index (χ1n) is 9.97. The molecule has 1 aliphatic rings. The van der Waals surface area contributed by atoms with Crippen LogP contribution in [-0.2, 0) is 0 Å². The fourth-order valence-electron chi connectivity index (χ4n) is 4.02. The fourth-order valence-corrected chi connectivity index (χ4v) is 4.32. The maximum atomic E-state index is 13.6. The van der Waals surface area contributed by atoms with Crippen LogP contribution in [0.15, 0.2) is 48.5 Å². The van der Waals surface area contributed by atoms with Gasteiger partial charge in [-0.2, -0.15) is 5.26 Å². The molecule has 0 saturated carbocycles. The Hall–Kier alpha value is -2.78. The van der Waals surface area contributed by atoms with Crippen molar-refractivity contribution >= 4 is 39.9 Å². The summed E-state index contributed by atoms with van der Waals surface area (Å²) < 4.78 is 5.89. The quantitative estimate of drug-likeness (QED) is 0.587. The number of ether oxygens (including phenoxy) is 1. The van der Waals surface area contributed by atoms with Crippen molar-refractivity contribution in [2.45, 2.75) is 12.3 Å². The van der Waals surface area contributed by atoms with Gasteiger partial charge in [-0.3, -0.25) is 4.79 Å². The SMILES string of the molecule is N#Cc1cc2ccccc2c2c1OCCN(C[C@@H](CCO)c1ccc(Cl)c(Cl)c1)C2=O. The van der Waals surface area contributed by atoms with Gasteiger partial charge >= 0.3 is 0 Å². The number of aliphatic hydroxyl groups is 1. The lowest BCUT2D eigenvalue weighted by Gasteiger charge is -2.26. The molecule has 31 heavy (non-hydrogen) atoms. The van der Waals surface area contributed by atoms with Gasteiger partial charge in [0.15, 0.2) is 5.75 Å². The average Bonchev–Trinajstić information content (AvgIpc) is 2.94. The van der Waals surface area contributed by atoms with Gasteiger partial charge in [0.25, 0.3) is 5.91 Å². The van der Waals surface area contributed by atoms with E-state index >= 15 is 0 Å². The lowest BCUT2D eigenvalue weighted by atomic mass is 9.94. The molecule has 1 aliphatic heterocycles. The van der Waals surface area contributed by atoms with Crippen molar-refractivity contribution in [2.24, 2.45) is 0 Å². The fraction of sp³-hybridized carbons (Fsp3) is 0.250. The molecule has 0 unspecified atom stereocenters. The number of carbonyl (C=O) groups excluding carboxylic acids is 1. The van der Waals surface area contributed by atoms with Crippen LogP contribution in [0.3, 0.4) is 0 Å². The van der Waals surface area contributed by atoms with E-state index in [4.69, 9.17) is 27.9 Å². The second-order valence-electron chi connectivity index (χ2n) is 7.44. The molecule has 7 heteroatoms. The summed E-state index contributed by atoms with van der Waals surface area (Å²) in [5.41, 5.74) is 1.65. The molecular weight excluding hydrogens is 435 g/mol. The third kappa shape index (κ3) is 4.20. The molecule has 3 aromatic carbocycles. The van der Waals surface area contributed by atoms with Crippen molar-refractivity contribution in [1.29, 1.82) is 5.26 Å². The van der Waals surface area contributed by atoms with Crippen LogP contribution >= 0.6 is 23.2 Å². The van der Waals surface area contributed by atoms with Crippen LogP contribution in [0.25, 0.3) is 10.8 Å². The van der Waals surface area contributed by atoms with E-state index in [0.717, 1.165) is 16.3 Å². The molecule has 158 valence electrons. The largest absolute Gasteiger partial charge is 0.489 e. The Balaban J connectivity index is 1.74. The predicted molar refractivity (Wildman–Crippen MR) is 121 cm³/mol. The number of benzene rings is 3. The van der Waals surface area contributed by atoms with Crippen LogP contribution in [-0.4, -0.2) is 42.2 Å². The summed E-state index contributed by atoms with van der Waals surface area (Å²) in [6.45, 7) is 1.00. The molecule has 0 spiro atoms. The van der Waals surface area contributed by atoms with Crippen LogP contribution in [0.4, 0.5) is 0 Å². The summed E-state index contributed by atoms with van der Waals surface area (Å²) in [4.78, 5) is 15.4. The smallest absolute Gasteiger partial charge is 0.258 e. The molecule has 0 fully saturated rings. The molecule has 1 N–H and O–H groups in total. The van der Waals surface area contributed by atoms with Crippen molar-refractivity contribution in [3.05, 3.63) is 75.3 Å². The van der Waals surface area contributed by atoms with E-state index < -0.39 is 0 Å². The number of aliphatic hydroxyl groups excluding tert-OH is 1. The molecule has 0 radical (unpaired) electrons. The van der Waals surface area contributed by atoms with Gasteiger partial charge in [-0.1, -0.05) is 53.5 Å². The highest BCUT2D eigenvalue weighted by Crippen LogP contribution is 2.36. The Kier molecular flexibility index (Phi) is 6.33. The van der Waals surface area contributed by atoms with E-state index in [-0.39, 0.29) is 25.0 Å². The maximum Gasteiger partial charge on any atom is 0.258 e. The van der Waals surface area contributed by atoms with Gasteiger partial charge < -0.3 is 14.7 Å². The zero-order valence-corrected chi connectivity index (χ0v) is 18.2. The summed E-state index contributed by atoms with van der Waals surface area (Å²) in [7, 11) is 0. The molecule has 3 aromatic rings. The zero-order chi connectivity index (χ0) is 22.0. The number of hydrogen-bond donors (Lipinski definition) is 1. The lowest BCUT2D eigenvalue weighted by molar-refractivity contribution is 0.0740. The van der Waals surface area contributed by atoms with Crippen molar-refractivity contribution in [3.8, 4) is 11.8 Å². The number of hydrogen-bond acceptors (Lipinski definition) is 4. The second-order valence-corrected chi connectivity index (χ2v) is 8.26. The van der Waals surface area contributed by atoms with E-state index in [1.165, 1.54) is 0 Å². The standard InChI is InChI=1S/C24H20Cl2N2O3/c25-20-6-5-15(12-21(20)26)17(7-9-29)14-28-8-10-31-23-18(13-27)11-16-3-1-2-4-19(16)22(23)24(28)30/h1-6,11-12,17,29H,7-10,14H2/t17-/m1/s1. The molecule has 0 aromatic heterocycles. The number of fused-ring (bicyclic) bond motifs is 3. The van der Waals surface area contributed by atoms with Crippen molar-refractivity contribution in [2.75, 3.05) is 26.3 Å². The number of carbonyl (C=O) groups is 1. The van der Waals surface area contributed by atoms with E-state index in [1.54, 1.807) is 23.1 Å². The Morgan fingerprint density at radius 2 is 1.97 bits per heavy atom. The number of nitriles is 1. The minimum atomic E-state index is -0.191. The van der Waals surface area contributed by atoms with Gasteiger partial charge in [-0.25, -0.2) is 0 Å². The van der Waals surface area contributed by atoms with E-state index in [1.807, 2.05) is 30.3 Å². The summed E-state index contributed by atoms with van der Waals surface area (Å²) >= 11 is 12.2. The predicted octanol–water partition coefficient (Wildman–Crippen LogP) is 5.02. The molecule has 1 atom stereocenters. The molecule has 4 rings (SSSR count). The van der Waals surface area contributed by atoms with Gasteiger partial charge in [-0.05, 0) is 41.0 Å². The minimum absolute atomic E-state index is 0.0262. The van der Waals surface area contributed by atoms with Crippen molar-refractivity contribution < 1.29 is 14.6 Å². The molecule has 1 amide bonds. The Morgan fingerprint density at radius 1 is 1.16 bits per heavy atom. The van der Waals surface area contributed by atoms with Gasteiger partial charge in [0.05, 0.1) is 27.7 Å². The average molecular weight is 455 g/mol. The maximum absolute atomic E-state index is 13.6. The van der Waals surface area contributed by atoms with E-state index in [0.29, 0.717) is 46.4 Å². The highest BCUT2D eigenvalue weighted by atomic mass is 35.5. The third-order valence-corrected chi connectivity index (χ3v) is 6.30. The minimum Gasteiger partial charge on any atom is -0.489 e. The number of halogens is 2. The first kappa shape index (κ1) is 21.5. The highest BCUT2D eigenvalue weighted by Gasteiger charge is 2.30. The van der Waals surface area contributed by atoms with Crippen LogP contribution < -0.4 is 4.74 Å². The molecule has 5 nitrogen and oxygen atoms in total. The Bertz CT molecular complexity index is 1190. The summed E-state index contributed by atoms with van der Waals surface area (Å²) in [5, 5.41) is 21.7. The van der Waals surface area contributed by atoms with Gasteiger partial charge in [-0.15, -0.1) is 0 Å². The van der Waals surface area contributed by atoms with Gasteiger partial charge in [0.1, 0.15) is 12.7 Å². The van der Waals surface area contributed by atoms with Gasteiger partial charge in [0.2, 0.25) is 0 Å². The van der Waals surface area contributed by atoms with Gasteiger partial charge in [0, 0.05) is 19.1 Å². The van der Waals surface area contributed by atoms with Crippen LogP contribution in [0.2, 0.25) is 10.0 Å².